The fraction of sp³-hybridized carbons (Fsp3) is 0.0667. The molecule has 0 aliphatic rings. The maximum atomic E-state index is 14.4. The molecule has 0 fully saturated rings. The Balaban J connectivity index is 1.91. The SMILES string of the molecule is N#Cc1ccc(Cn2c(-c3nonc3N)nc3cccc(F)c32)nn1. The van der Waals surface area contributed by atoms with Gasteiger partial charge in [-0.1, -0.05) is 6.07 Å². The van der Waals surface area contributed by atoms with Crippen LogP contribution in [0.4, 0.5) is 10.2 Å². The van der Waals surface area contributed by atoms with Gasteiger partial charge in [-0.25, -0.2) is 14.0 Å². The predicted octanol–water partition coefficient (Wildman–Crippen LogP) is 1.52. The first-order valence-corrected chi connectivity index (χ1v) is 7.13. The molecule has 0 saturated carbocycles. The number of halogens is 1. The number of nitrogens with zero attached hydrogens (tertiary/aromatic N) is 7. The number of aromatic nitrogens is 6. The number of hydrogen-bond acceptors (Lipinski definition) is 8. The van der Waals surface area contributed by atoms with Gasteiger partial charge in [-0.3, -0.25) is 0 Å². The molecule has 0 aliphatic heterocycles. The summed E-state index contributed by atoms with van der Waals surface area (Å²) in [5, 5.41) is 23.8. The van der Waals surface area contributed by atoms with Gasteiger partial charge in [-0.05, 0) is 34.6 Å². The van der Waals surface area contributed by atoms with Crippen molar-refractivity contribution >= 4 is 16.9 Å². The van der Waals surface area contributed by atoms with Gasteiger partial charge in [-0.2, -0.15) is 10.4 Å². The lowest BCUT2D eigenvalue weighted by Gasteiger charge is -2.07. The van der Waals surface area contributed by atoms with E-state index in [1.54, 1.807) is 22.8 Å². The third-order valence-electron chi connectivity index (χ3n) is 3.60. The van der Waals surface area contributed by atoms with Crippen molar-refractivity contribution in [2.75, 3.05) is 5.73 Å². The van der Waals surface area contributed by atoms with Gasteiger partial charge in [0.15, 0.2) is 23.0 Å². The normalized spacial score (nSPS) is 10.9. The van der Waals surface area contributed by atoms with Crippen molar-refractivity contribution in [3.63, 3.8) is 0 Å². The number of hydrogen-bond donors (Lipinski definition) is 1. The molecule has 122 valence electrons. The molecule has 0 saturated heterocycles. The van der Waals surface area contributed by atoms with E-state index < -0.39 is 5.82 Å². The summed E-state index contributed by atoms with van der Waals surface area (Å²) >= 11 is 0. The molecule has 3 heterocycles. The first-order chi connectivity index (χ1) is 12.2. The lowest BCUT2D eigenvalue weighted by atomic mass is 10.3. The van der Waals surface area contributed by atoms with Crippen LogP contribution in [-0.2, 0) is 6.54 Å². The van der Waals surface area contributed by atoms with Crippen LogP contribution in [0.2, 0.25) is 0 Å². The molecule has 0 atom stereocenters. The van der Waals surface area contributed by atoms with Crippen LogP contribution in [0.3, 0.4) is 0 Å². The van der Waals surface area contributed by atoms with E-state index in [0.29, 0.717) is 17.0 Å². The molecule has 0 amide bonds. The Morgan fingerprint density at radius 2 is 2.08 bits per heavy atom. The molecule has 2 N–H and O–H groups in total. The molecule has 10 heteroatoms. The zero-order chi connectivity index (χ0) is 17.4. The summed E-state index contributed by atoms with van der Waals surface area (Å²) in [4.78, 5) is 4.39. The number of nitriles is 1. The summed E-state index contributed by atoms with van der Waals surface area (Å²) in [6.45, 7) is 0.151. The number of imidazole rings is 1. The Hall–Kier alpha value is -3.87. The predicted molar refractivity (Wildman–Crippen MR) is 83.2 cm³/mol. The molecule has 25 heavy (non-hydrogen) atoms. The van der Waals surface area contributed by atoms with Gasteiger partial charge in [0.25, 0.3) is 0 Å². The zero-order valence-electron chi connectivity index (χ0n) is 12.6. The number of nitrogen functional groups attached to an aromatic ring is 1. The summed E-state index contributed by atoms with van der Waals surface area (Å²) in [7, 11) is 0. The van der Waals surface area contributed by atoms with Crippen molar-refractivity contribution in [1.29, 1.82) is 5.26 Å². The largest absolute Gasteiger partial charge is 0.379 e. The van der Waals surface area contributed by atoms with Crippen molar-refractivity contribution in [1.82, 2.24) is 30.1 Å². The summed E-state index contributed by atoms with van der Waals surface area (Å²) in [5.41, 5.74) is 7.36. The second-order valence-electron chi connectivity index (χ2n) is 5.15. The van der Waals surface area contributed by atoms with Gasteiger partial charge in [0.05, 0.1) is 17.8 Å². The number of anilines is 1. The van der Waals surface area contributed by atoms with Crippen LogP contribution in [0.15, 0.2) is 35.0 Å². The highest BCUT2D eigenvalue weighted by molar-refractivity contribution is 5.82. The van der Waals surface area contributed by atoms with Crippen LogP contribution in [0.1, 0.15) is 11.4 Å². The average molecular weight is 336 g/mol. The molecule has 9 nitrogen and oxygen atoms in total. The van der Waals surface area contributed by atoms with Gasteiger partial charge in [0.2, 0.25) is 0 Å². The minimum absolute atomic E-state index is 0.0443. The molecule has 0 bridgehead atoms. The Kier molecular flexibility index (Phi) is 3.32. The fourth-order valence-corrected chi connectivity index (χ4v) is 2.49. The van der Waals surface area contributed by atoms with Gasteiger partial charge >= 0.3 is 0 Å². The lowest BCUT2D eigenvalue weighted by Crippen LogP contribution is -2.07. The van der Waals surface area contributed by atoms with E-state index in [4.69, 9.17) is 11.0 Å². The number of fused-ring (bicyclic) bond motifs is 1. The standard InChI is InChI=1S/C15H9FN8O/c16-10-2-1-3-11-13(10)24(7-9-5-4-8(6-17)20-21-9)15(19-11)12-14(18)23-25-22-12/h1-5H,7H2,(H2,18,23). The summed E-state index contributed by atoms with van der Waals surface area (Å²) in [5.74, 6) is -0.110. The number of rotatable bonds is 3. The molecule has 3 aromatic heterocycles. The van der Waals surface area contributed by atoms with E-state index in [9.17, 15) is 4.39 Å². The Bertz CT molecular complexity index is 1110. The topological polar surface area (TPSA) is 132 Å². The van der Waals surface area contributed by atoms with Gasteiger partial charge in [0, 0.05) is 0 Å². The van der Waals surface area contributed by atoms with Crippen molar-refractivity contribution in [2.24, 2.45) is 0 Å². The second-order valence-corrected chi connectivity index (χ2v) is 5.15. The average Bonchev–Trinajstić information content (AvgIpc) is 3.20. The van der Waals surface area contributed by atoms with Gasteiger partial charge in [0.1, 0.15) is 17.4 Å². The van der Waals surface area contributed by atoms with Gasteiger partial charge in [-0.15, -0.1) is 5.10 Å². The van der Waals surface area contributed by atoms with E-state index in [1.165, 1.54) is 12.1 Å². The van der Waals surface area contributed by atoms with Crippen molar-refractivity contribution in [3.8, 4) is 17.6 Å². The van der Waals surface area contributed by atoms with E-state index in [2.05, 4.69) is 30.1 Å². The van der Waals surface area contributed by atoms with Crippen molar-refractivity contribution in [2.45, 2.75) is 6.54 Å². The first kappa shape index (κ1) is 14.7. The van der Waals surface area contributed by atoms with Crippen LogP contribution >= 0.6 is 0 Å². The number of nitrogens with two attached hydrogens (primary N) is 1. The monoisotopic (exact) mass is 336 g/mol. The summed E-state index contributed by atoms with van der Waals surface area (Å²) in [6.07, 6.45) is 0. The highest BCUT2D eigenvalue weighted by Gasteiger charge is 2.21. The van der Waals surface area contributed by atoms with E-state index >= 15 is 0 Å². The van der Waals surface area contributed by atoms with Crippen molar-refractivity contribution < 1.29 is 9.02 Å². The van der Waals surface area contributed by atoms with E-state index in [0.717, 1.165) is 0 Å². The van der Waals surface area contributed by atoms with E-state index in [1.807, 2.05) is 6.07 Å². The molecule has 0 aliphatic carbocycles. The van der Waals surface area contributed by atoms with Crippen LogP contribution < -0.4 is 5.73 Å². The van der Waals surface area contributed by atoms with Crippen LogP contribution in [0.5, 0.6) is 0 Å². The maximum absolute atomic E-state index is 14.4. The molecular weight excluding hydrogens is 327 g/mol. The third-order valence-corrected chi connectivity index (χ3v) is 3.60. The highest BCUT2D eigenvalue weighted by Crippen LogP contribution is 2.28. The maximum Gasteiger partial charge on any atom is 0.199 e. The summed E-state index contributed by atoms with van der Waals surface area (Å²) in [6, 6.07) is 9.62. The quantitative estimate of drug-likeness (QED) is 0.595. The third kappa shape index (κ3) is 2.43. The van der Waals surface area contributed by atoms with Crippen LogP contribution in [0.25, 0.3) is 22.6 Å². The number of para-hydroxylation sites is 1. The van der Waals surface area contributed by atoms with Gasteiger partial charge < -0.3 is 10.3 Å². The second kappa shape index (κ2) is 5.64. The van der Waals surface area contributed by atoms with E-state index in [-0.39, 0.29) is 29.3 Å². The molecule has 0 spiro atoms. The Morgan fingerprint density at radius 1 is 1.20 bits per heavy atom. The number of benzene rings is 1. The first-order valence-electron chi connectivity index (χ1n) is 7.13. The molecule has 4 rings (SSSR count). The molecule has 0 unspecified atom stereocenters. The zero-order valence-corrected chi connectivity index (χ0v) is 12.6. The lowest BCUT2D eigenvalue weighted by molar-refractivity contribution is 0.310. The fourth-order valence-electron chi connectivity index (χ4n) is 2.49. The van der Waals surface area contributed by atoms with Crippen molar-refractivity contribution in [3.05, 3.63) is 47.5 Å². The van der Waals surface area contributed by atoms with Crippen LogP contribution in [-0.4, -0.2) is 30.1 Å². The van der Waals surface area contributed by atoms with Crippen LogP contribution in [0, 0.1) is 17.1 Å². The minimum Gasteiger partial charge on any atom is -0.379 e. The molecule has 1 aromatic carbocycles. The molecular formula is C15H9FN8O. The summed E-state index contributed by atoms with van der Waals surface area (Å²) < 4.78 is 20.6. The smallest absolute Gasteiger partial charge is 0.199 e. The highest BCUT2D eigenvalue weighted by atomic mass is 19.1. The minimum atomic E-state index is -0.451. The Morgan fingerprint density at radius 3 is 2.76 bits per heavy atom. The molecule has 4 aromatic rings. The Labute approximate surface area is 139 Å². The molecule has 0 radical (unpaired) electrons.